The lowest BCUT2D eigenvalue weighted by molar-refractivity contribution is -0.119. The van der Waals surface area contributed by atoms with Gasteiger partial charge in [0.05, 0.1) is 45.6 Å². The van der Waals surface area contributed by atoms with Gasteiger partial charge in [0.25, 0.3) is 0 Å². The van der Waals surface area contributed by atoms with E-state index < -0.39 is 0 Å². The number of carbonyl (C=O) groups is 4. The van der Waals surface area contributed by atoms with Crippen molar-refractivity contribution in [3.63, 3.8) is 0 Å². The molecular formula is C84H94F4N12O4. The SMILES string of the molecule is CC(=O)Nc1nc2c(nc1C=C(C)C)-c1ccc(F)cc1CC2.CC(C)=Cc1nc2c(nc1NC(=O)CC(C)C)CCc1cc(F)ccc1-2.CC(C)=Cc1nc2c(nc1NC(=O)CC1CCCCC1)CCc1cc(F)ccc1-2.CCC(C)C(=O)Nc1nc2c(nc1C=C(C)C)-c1ccc(F)cc1CC2. The largest absolute Gasteiger partial charge is 0.309 e. The first-order valence-corrected chi connectivity index (χ1v) is 36.2. The van der Waals surface area contributed by atoms with Crippen molar-refractivity contribution in [2.75, 3.05) is 21.3 Å². The minimum atomic E-state index is -0.237. The van der Waals surface area contributed by atoms with Crippen LogP contribution in [0.15, 0.2) is 95.1 Å². The van der Waals surface area contributed by atoms with Crippen molar-refractivity contribution >= 4 is 71.2 Å². The van der Waals surface area contributed by atoms with Crippen LogP contribution in [-0.4, -0.2) is 63.5 Å². The minimum Gasteiger partial charge on any atom is -0.309 e. The third-order valence-corrected chi connectivity index (χ3v) is 18.4. The summed E-state index contributed by atoms with van der Waals surface area (Å²) in [6.45, 7) is 25.2. The van der Waals surface area contributed by atoms with Gasteiger partial charge in [-0.15, -0.1) is 0 Å². The Bertz CT molecular complexity index is 4730. The number of amides is 4. The second kappa shape index (κ2) is 34.4. The van der Waals surface area contributed by atoms with Gasteiger partial charge in [-0.25, -0.2) is 57.4 Å². The van der Waals surface area contributed by atoms with Crippen LogP contribution in [-0.2, 0) is 70.5 Å². The zero-order chi connectivity index (χ0) is 74.6. The standard InChI is InChI=1S/C24H28FN3O.2C21H24FN3O.C18H18FN3O/c1-15(2)12-21-24(28-22(29)13-16-6-4-3-5-7-16)27-20-11-8-17-14-18(25)9-10-19(17)23(20)26-21;1-12(2)9-18-21(25-19(26)10-13(3)4)24-17-8-5-14-11-15(22)6-7-16(14)20(17)23-18;1-5-13(4)21(26)25-20-18(10-12(2)3)23-19-16-8-7-15(22)11-14(16)6-9-17(19)24-20;1-10(2)8-16-18(20-11(3)23)22-15-7-4-12-9-13(19)5-6-14(12)17(15)21-16/h9-10,12,14,16H,3-8,11,13H2,1-2H3,(H,27,28,29);6-7,9,11,13H,5,8,10H2,1-4H3,(H,24,25,26);7-8,10-11,13H,5-6,9H2,1-4H3,(H,24,25,26);5-6,8-9H,4,7H2,1-3H3,(H,20,22,23). The molecule has 542 valence electrons. The summed E-state index contributed by atoms with van der Waals surface area (Å²) in [5.74, 6) is 1.48. The quantitative estimate of drug-likeness (QED) is 0.0747. The first-order chi connectivity index (χ1) is 49.6. The van der Waals surface area contributed by atoms with E-state index >= 15 is 0 Å². The Balaban J connectivity index is 0.000000149. The highest BCUT2D eigenvalue weighted by atomic mass is 19.1. The fourth-order valence-electron chi connectivity index (χ4n) is 13.4. The normalized spacial score (nSPS) is 13.6. The van der Waals surface area contributed by atoms with Crippen LogP contribution in [0, 0.1) is 41.0 Å². The number of rotatable bonds is 14. The molecule has 1 unspecified atom stereocenters. The Labute approximate surface area is 607 Å². The van der Waals surface area contributed by atoms with Gasteiger partial charge in [0, 0.05) is 47.9 Å². The number of nitrogens with zero attached hydrogens (tertiary/aromatic N) is 8. The summed E-state index contributed by atoms with van der Waals surface area (Å²) in [5, 5.41) is 11.6. The van der Waals surface area contributed by atoms with Crippen molar-refractivity contribution in [3.8, 4) is 45.0 Å². The number of halogens is 4. The fourth-order valence-corrected chi connectivity index (χ4v) is 13.4. The molecule has 8 aromatic rings. The minimum absolute atomic E-state index is 0.0211. The van der Waals surface area contributed by atoms with E-state index in [-0.39, 0.29) is 58.7 Å². The molecule has 0 radical (unpaired) electrons. The van der Waals surface area contributed by atoms with Crippen molar-refractivity contribution in [2.24, 2.45) is 17.8 Å². The number of benzene rings is 4. The van der Waals surface area contributed by atoms with Crippen molar-refractivity contribution < 1.29 is 36.7 Å². The Hall–Kier alpha value is -10.2. The van der Waals surface area contributed by atoms with Crippen molar-refractivity contribution in [2.45, 2.75) is 193 Å². The molecule has 5 aliphatic rings. The third kappa shape index (κ3) is 19.7. The molecule has 0 aliphatic heterocycles. The van der Waals surface area contributed by atoms with Gasteiger partial charge in [-0.2, -0.15) is 0 Å². The summed E-state index contributed by atoms with van der Waals surface area (Å²) in [6, 6.07) is 19.2. The average Bonchev–Trinajstić information content (AvgIpc) is 0.793. The van der Waals surface area contributed by atoms with Crippen LogP contribution >= 0.6 is 0 Å². The molecule has 13 rings (SSSR count). The van der Waals surface area contributed by atoms with Gasteiger partial charge in [0.1, 0.15) is 46.0 Å². The second-order valence-corrected chi connectivity index (χ2v) is 29.0. The number of nitrogens with one attached hydrogen (secondary N) is 4. The van der Waals surface area contributed by atoms with Crippen LogP contribution in [0.4, 0.5) is 40.8 Å². The summed E-state index contributed by atoms with van der Waals surface area (Å²) >= 11 is 0. The smallest absolute Gasteiger partial charge is 0.228 e. The van der Waals surface area contributed by atoms with Crippen molar-refractivity contribution in [1.82, 2.24) is 39.9 Å². The second-order valence-electron chi connectivity index (χ2n) is 29.0. The molecule has 4 amide bonds. The van der Waals surface area contributed by atoms with Crippen LogP contribution in [0.1, 0.15) is 209 Å². The van der Waals surface area contributed by atoms with Gasteiger partial charge < -0.3 is 21.3 Å². The predicted octanol–water partition coefficient (Wildman–Crippen LogP) is 19.1. The molecular weight excluding hydrogens is 1320 g/mol. The molecule has 1 atom stereocenters. The maximum absolute atomic E-state index is 13.6. The maximum atomic E-state index is 13.6. The predicted molar refractivity (Wildman–Crippen MR) is 407 cm³/mol. The summed E-state index contributed by atoms with van der Waals surface area (Å²) in [4.78, 5) is 86.6. The van der Waals surface area contributed by atoms with Gasteiger partial charge in [0.15, 0.2) is 23.3 Å². The van der Waals surface area contributed by atoms with E-state index in [0.717, 1.165) is 157 Å². The molecule has 16 nitrogen and oxygen atoms in total. The first kappa shape index (κ1) is 76.4. The summed E-state index contributed by atoms with van der Waals surface area (Å²) in [7, 11) is 0. The Morgan fingerprint density at radius 3 is 1.02 bits per heavy atom. The van der Waals surface area contributed by atoms with Crippen molar-refractivity contribution in [3.05, 3.63) is 186 Å². The number of anilines is 4. The first-order valence-electron chi connectivity index (χ1n) is 36.2. The molecule has 1 saturated carbocycles. The van der Waals surface area contributed by atoms with Crippen LogP contribution in [0.2, 0.25) is 0 Å². The highest BCUT2D eigenvalue weighted by Crippen LogP contribution is 2.39. The van der Waals surface area contributed by atoms with Gasteiger partial charge in [-0.1, -0.05) is 69.2 Å². The fraction of sp³-hybridized carbons (Fsp3) is 0.381. The van der Waals surface area contributed by atoms with E-state index in [1.807, 2.05) is 107 Å². The lowest BCUT2D eigenvalue weighted by atomic mass is 9.87. The number of hydrogen-bond acceptors (Lipinski definition) is 12. The molecule has 0 spiro atoms. The Morgan fingerprint density at radius 2 is 0.721 bits per heavy atom. The molecule has 104 heavy (non-hydrogen) atoms. The molecule has 4 aromatic heterocycles. The van der Waals surface area contributed by atoms with E-state index in [0.29, 0.717) is 90.5 Å². The van der Waals surface area contributed by atoms with Crippen molar-refractivity contribution in [1.29, 1.82) is 0 Å². The van der Waals surface area contributed by atoms with Gasteiger partial charge >= 0.3 is 0 Å². The van der Waals surface area contributed by atoms with Crippen LogP contribution in [0.5, 0.6) is 0 Å². The van der Waals surface area contributed by atoms with Crippen LogP contribution in [0.3, 0.4) is 0 Å². The maximum Gasteiger partial charge on any atom is 0.228 e. The molecule has 4 aromatic carbocycles. The van der Waals surface area contributed by atoms with E-state index in [1.54, 1.807) is 48.5 Å². The number of allylic oxidation sites excluding steroid dienone is 4. The lowest BCUT2D eigenvalue weighted by Crippen LogP contribution is -2.22. The molecule has 0 bridgehead atoms. The van der Waals surface area contributed by atoms with Gasteiger partial charge in [0.2, 0.25) is 23.6 Å². The highest BCUT2D eigenvalue weighted by molar-refractivity contribution is 5.95. The van der Waals surface area contributed by atoms with E-state index in [2.05, 4.69) is 26.3 Å². The summed E-state index contributed by atoms with van der Waals surface area (Å²) in [6.07, 6.45) is 21.0. The molecule has 4 N–H and O–H groups in total. The van der Waals surface area contributed by atoms with Crippen LogP contribution in [0.25, 0.3) is 69.3 Å². The molecule has 0 saturated heterocycles. The molecule has 5 aliphatic carbocycles. The molecule has 20 heteroatoms. The lowest BCUT2D eigenvalue weighted by Gasteiger charge is -2.22. The number of aryl methyl sites for hydroxylation is 8. The zero-order valence-corrected chi connectivity index (χ0v) is 62.0. The number of hydrogen-bond donors (Lipinski definition) is 4. The third-order valence-electron chi connectivity index (χ3n) is 18.4. The Kier molecular flexibility index (Phi) is 25.2. The monoisotopic (exact) mass is 1410 g/mol. The summed E-state index contributed by atoms with van der Waals surface area (Å²) < 4.78 is 54.2. The Morgan fingerprint density at radius 1 is 0.413 bits per heavy atom. The average molecular weight is 1410 g/mol. The number of fused-ring (bicyclic) bond motifs is 12. The topological polar surface area (TPSA) is 220 Å². The summed E-state index contributed by atoms with van der Waals surface area (Å²) in [5.41, 5.74) is 20.8. The zero-order valence-electron chi connectivity index (χ0n) is 62.0. The van der Waals surface area contributed by atoms with Crippen LogP contribution < -0.4 is 21.3 Å². The van der Waals surface area contributed by atoms with E-state index in [9.17, 15) is 36.7 Å². The van der Waals surface area contributed by atoms with Gasteiger partial charge in [-0.3, -0.25) is 19.2 Å². The number of carbonyl (C=O) groups excluding carboxylic acids is 4. The van der Waals surface area contributed by atoms with Gasteiger partial charge in [-0.05, 0) is 257 Å². The van der Waals surface area contributed by atoms with E-state index in [4.69, 9.17) is 34.9 Å². The molecule has 1 fully saturated rings. The van der Waals surface area contributed by atoms with E-state index in [1.165, 1.54) is 50.5 Å². The molecule has 4 heterocycles. The highest BCUT2D eigenvalue weighted by Gasteiger charge is 2.28. The number of aromatic nitrogens is 8.